The van der Waals surface area contributed by atoms with E-state index in [1.54, 1.807) is 0 Å². The van der Waals surface area contributed by atoms with Crippen LogP contribution >= 0.6 is 19.9 Å². The zero-order valence-electron chi connectivity index (χ0n) is 9.00. The molecule has 0 amide bonds. The molecular weight excluding hydrogens is 212 g/mol. The molecule has 0 atom stereocenters. The van der Waals surface area contributed by atoms with E-state index in [2.05, 4.69) is 42.8 Å². The Kier molecular flexibility index (Phi) is 4.83. The highest BCUT2D eigenvalue weighted by Gasteiger charge is 2.05. The molecule has 1 aromatic carbocycles. The van der Waals surface area contributed by atoms with Gasteiger partial charge < -0.3 is 0 Å². The molecular formula is C12H19ClS. The van der Waals surface area contributed by atoms with Crippen molar-refractivity contribution < 1.29 is 0 Å². The summed E-state index contributed by atoms with van der Waals surface area (Å²) in [4.78, 5) is 0. The van der Waals surface area contributed by atoms with Gasteiger partial charge in [-0.15, -0.1) is 0 Å². The summed E-state index contributed by atoms with van der Waals surface area (Å²) >= 11 is 0. The summed E-state index contributed by atoms with van der Waals surface area (Å²) in [5, 5.41) is 0. The summed E-state index contributed by atoms with van der Waals surface area (Å²) < 4.78 is 0. The molecule has 14 heavy (non-hydrogen) atoms. The van der Waals surface area contributed by atoms with Crippen molar-refractivity contribution >= 4 is 19.9 Å². The van der Waals surface area contributed by atoms with Crippen molar-refractivity contribution in [3.8, 4) is 0 Å². The van der Waals surface area contributed by atoms with Crippen LogP contribution in [0.2, 0.25) is 0 Å². The van der Waals surface area contributed by atoms with E-state index in [0.29, 0.717) is 0 Å². The van der Waals surface area contributed by atoms with Gasteiger partial charge >= 0.3 is 0 Å². The fraction of sp³-hybridized carbons (Fsp3) is 0.500. The topological polar surface area (TPSA) is 0 Å². The van der Waals surface area contributed by atoms with Gasteiger partial charge in [0, 0.05) is 0 Å². The lowest BCUT2D eigenvalue weighted by Crippen LogP contribution is -1.94. The standard InChI is InChI=1S/C12H19ClS/c1-14(2,13)11-7-6-10-12-8-4-3-5-9-12/h3-5,8-9H,6-7,10-11H2,1-2H3. The molecule has 0 aliphatic rings. The Bertz CT molecular complexity index is 251. The molecule has 0 spiro atoms. The fourth-order valence-corrected chi connectivity index (χ4v) is 2.64. The third-order valence-electron chi connectivity index (χ3n) is 2.19. The average Bonchev–Trinajstić information content (AvgIpc) is 2.13. The van der Waals surface area contributed by atoms with Crippen LogP contribution in [-0.4, -0.2) is 18.3 Å². The highest BCUT2D eigenvalue weighted by atomic mass is 35.7. The molecule has 0 aliphatic heterocycles. The van der Waals surface area contributed by atoms with Crippen molar-refractivity contribution in [3.63, 3.8) is 0 Å². The van der Waals surface area contributed by atoms with E-state index in [-0.39, 0.29) is 0 Å². The maximum absolute atomic E-state index is 6.20. The van der Waals surface area contributed by atoms with Gasteiger partial charge in [0.2, 0.25) is 0 Å². The van der Waals surface area contributed by atoms with E-state index in [4.69, 9.17) is 10.7 Å². The maximum Gasteiger partial charge on any atom is -0.0106 e. The number of hydrogen-bond donors (Lipinski definition) is 0. The monoisotopic (exact) mass is 230 g/mol. The highest BCUT2D eigenvalue weighted by Crippen LogP contribution is 2.45. The third-order valence-corrected chi connectivity index (χ3v) is 3.91. The number of unbranched alkanes of at least 4 members (excludes halogenated alkanes) is 1. The Morgan fingerprint density at radius 1 is 1.07 bits per heavy atom. The van der Waals surface area contributed by atoms with Crippen LogP contribution in [0.25, 0.3) is 0 Å². The van der Waals surface area contributed by atoms with Gasteiger partial charge in [-0.1, -0.05) is 41.0 Å². The Balaban J connectivity index is 2.17. The Morgan fingerprint density at radius 2 is 1.71 bits per heavy atom. The van der Waals surface area contributed by atoms with Crippen LogP contribution in [0.5, 0.6) is 0 Å². The van der Waals surface area contributed by atoms with E-state index >= 15 is 0 Å². The third kappa shape index (κ3) is 5.56. The van der Waals surface area contributed by atoms with Gasteiger partial charge in [-0.05, 0) is 43.1 Å². The van der Waals surface area contributed by atoms with Crippen LogP contribution in [0.1, 0.15) is 18.4 Å². The van der Waals surface area contributed by atoms with Crippen LogP contribution in [0.4, 0.5) is 0 Å². The lowest BCUT2D eigenvalue weighted by molar-refractivity contribution is 0.801. The van der Waals surface area contributed by atoms with Gasteiger partial charge in [0.1, 0.15) is 0 Å². The maximum atomic E-state index is 6.20. The highest BCUT2D eigenvalue weighted by molar-refractivity contribution is 8.50. The van der Waals surface area contributed by atoms with Gasteiger partial charge in [-0.2, -0.15) is 9.24 Å². The molecule has 0 nitrogen and oxygen atoms in total. The van der Waals surface area contributed by atoms with Gasteiger partial charge in [-0.25, -0.2) is 0 Å². The largest absolute Gasteiger partial charge is 0.169 e. The number of halogens is 1. The minimum atomic E-state index is -0.806. The van der Waals surface area contributed by atoms with Crippen LogP contribution in [0.3, 0.4) is 0 Å². The van der Waals surface area contributed by atoms with Crippen molar-refractivity contribution in [1.82, 2.24) is 0 Å². The summed E-state index contributed by atoms with van der Waals surface area (Å²) in [6, 6.07) is 10.7. The molecule has 0 saturated carbocycles. The summed E-state index contributed by atoms with van der Waals surface area (Å²) in [7, 11) is 5.39. The average molecular weight is 231 g/mol. The Labute approximate surface area is 93.5 Å². The summed E-state index contributed by atoms with van der Waals surface area (Å²) in [6.07, 6.45) is 8.02. The zero-order valence-corrected chi connectivity index (χ0v) is 10.6. The van der Waals surface area contributed by atoms with Crippen LogP contribution in [0, 0.1) is 0 Å². The predicted octanol–water partition coefficient (Wildman–Crippen LogP) is 4.23. The second-order valence-electron chi connectivity index (χ2n) is 4.05. The van der Waals surface area contributed by atoms with Gasteiger partial charge in [0.25, 0.3) is 0 Å². The molecule has 0 aromatic heterocycles. The number of rotatable bonds is 5. The van der Waals surface area contributed by atoms with Crippen molar-refractivity contribution in [1.29, 1.82) is 0 Å². The summed E-state index contributed by atoms with van der Waals surface area (Å²) in [6.45, 7) is 0. The lowest BCUT2D eigenvalue weighted by atomic mass is 10.1. The predicted molar refractivity (Wildman–Crippen MR) is 69.5 cm³/mol. The van der Waals surface area contributed by atoms with E-state index in [1.807, 2.05) is 0 Å². The zero-order chi connectivity index (χ0) is 10.4. The summed E-state index contributed by atoms with van der Waals surface area (Å²) in [5.74, 6) is 1.18. The quantitative estimate of drug-likeness (QED) is 0.665. The van der Waals surface area contributed by atoms with E-state index < -0.39 is 9.24 Å². The molecule has 0 fully saturated rings. The minimum Gasteiger partial charge on any atom is -0.169 e. The van der Waals surface area contributed by atoms with E-state index in [1.165, 1.54) is 30.6 Å². The van der Waals surface area contributed by atoms with E-state index in [0.717, 1.165) is 0 Å². The molecule has 0 saturated heterocycles. The molecule has 0 unspecified atom stereocenters. The first-order valence-electron chi connectivity index (χ1n) is 5.02. The SMILES string of the molecule is CS(C)(Cl)CCCCc1ccccc1. The first kappa shape index (κ1) is 11.9. The second kappa shape index (κ2) is 5.67. The Hall–Kier alpha value is -0.140. The first-order chi connectivity index (χ1) is 6.58. The Morgan fingerprint density at radius 3 is 2.29 bits per heavy atom. The van der Waals surface area contributed by atoms with Crippen LogP contribution < -0.4 is 0 Å². The smallest absolute Gasteiger partial charge is 0.0106 e. The first-order valence-corrected chi connectivity index (χ1v) is 8.47. The number of hydrogen-bond acceptors (Lipinski definition) is 0. The molecule has 2 heteroatoms. The van der Waals surface area contributed by atoms with Crippen molar-refractivity contribution in [2.75, 3.05) is 18.3 Å². The molecule has 1 aromatic rings. The van der Waals surface area contributed by atoms with Crippen LogP contribution in [-0.2, 0) is 6.42 Å². The van der Waals surface area contributed by atoms with Crippen LogP contribution in [0.15, 0.2) is 30.3 Å². The van der Waals surface area contributed by atoms with Crippen molar-refractivity contribution in [2.24, 2.45) is 0 Å². The molecule has 0 N–H and O–H groups in total. The van der Waals surface area contributed by atoms with Gasteiger partial charge in [-0.3, -0.25) is 0 Å². The molecule has 0 aliphatic carbocycles. The van der Waals surface area contributed by atoms with E-state index in [9.17, 15) is 0 Å². The van der Waals surface area contributed by atoms with Crippen molar-refractivity contribution in [2.45, 2.75) is 19.3 Å². The minimum absolute atomic E-state index is 0.806. The van der Waals surface area contributed by atoms with Gasteiger partial charge in [0.05, 0.1) is 0 Å². The molecule has 0 radical (unpaired) electrons. The molecule has 80 valence electrons. The van der Waals surface area contributed by atoms with Gasteiger partial charge in [0.15, 0.2) is 0 Å². The molecule has 0 heterocycles. The molecule has 1 rings (SSSR count). The number of benzene rings is 1. The molecule has 0 bridgehead atoms. The normalized spacial score (nSPS) is 12.8. The lowest BCUT2D eigenvalue weighted by Gasteiger charge is -2.21. The second-order valence-corrected chi connectivity index (χ2v) is 9.77. The van der Waals surface area contributed by atoms with Crippen molar-refractivity contribution in [3.05, 3.63) is 35.9 Å². The number of aryl methyl sites for hydroxylation is 1. The fourth-order valence-electron chi connectivity index (χ4n) is 1.42. The summed E-state index contributed by atoms with van der Waals surface area (Å²) in [5.41, 5.74) is 1.44.